The number of hydrogen-bond acceptors (Lipinski definition) is 6. The number of thiazole rings is 1. The Labute approximate surface area is 152 Å². The number of aromatic nitrogens is 4. The Kier molecular flexibility index (Phi) is 5.49. The summed E-state index contributed by atoms with van der Waals surface area (Å²) in [7, 11) is 0. The van der Waals surface area contributed by atoms with E-state index in [0.717, 1.165) is 11.4 Å². The van der Waals surface area contributed by atoms with Crippen molar-refractivity contribution >= 4 is 45.7 Å². The van der Waals surface area contributed by atoms with Gasteiger partial charge in [-0.05, 0) is 19.1 Å². The van der Waals surface area contributed by atoms with E-state index in [2.05, 4.69) is 20.5 Å². The van der Waals surface area contributed by atoms with Crippen molar-refractivity contribution in [3.05, 3.63) is 40.9 Å². The first-order chi connectivity index (χ1) is 11.7. The number of amides is 1. The minimum atomic E-state index is -0.120. The fraction of sp³-hybridized carbons (Fsp3) is 0.200. The molecule has 0 aliphatic carbocycles. The van der Waals surface area contributed by atoms with Crippen molar-refractivity contribution in [1.82, 2.24) is 19.7 Å². The maximum absolute atomic E-state index is 12.0. The molecule has 0 bridgehead atoms. The fourth-order valence-electron chi connectivity index (χ4n) is 2.09. The SMILES string of the molecule is CCn1c(SCC(=O)Nc2nccs2)nnc1-c1cccc(Cl)c1. The predicted octanol–water partition coefficient (Wildman–Crippen LogP) is 3.81. The van der Waals surface area contributed by atoms with Crippen LogP contribution in [0.5, 0.6) is 0 Å². The number of carbonyl (C=O) groups is 1. The van der Waals surface area contributed by atoms with Gasteiger partial charge in [-0.3, -0.25) is 4.79 Å². The van der Waals surface area contributed by atoms with Gasteiger partial charge >= 0.3 is 0 Å². The lowest BCUT2D eigenvalue weighted by atomic mass is 10.2. The molecule has 24 heavy (non-hydrogen) atoms. The van der Waals surface area contributed by atoms with E-state index in [0.29, 0.717) is 21.9 Å². The molecule has 0 saturated carbocycles. The Morgan fingerprint density at radius 1 is 1.42 bits per heavy atom. The topological polar surface area (TPSA) is 72.7 Å². The van der Waals surface area contributed by atoms with Gasteiger partial charge in [0.25, 0.3) is 0 Å². The zero-order valence-corrected chi connectivity index (χ0v) is 15.2. The predicted molar refractivity (Wildman–Crippen MR) is 97.6 cm³/mol. The summed E-state index contributed by atoms with van der Waals surface area (Å²) in [6.45, 7) is 2.71. The summed E-state index contributed by atoms with van der Waals surface area (Å²) < 4.78 is 1.97. The first kappa shape index (κ1) is 16.9. The monoisotopic (exact) mass is 379 g/mol. The van der Waals surface area contributed by atoms with Crippen molar-refractivity contribution in [3.63, 3.8) is 0 Å². The molecule has 3 rings (SSSR count). The number of nitrogens with one attached hydrogen (secondary N) is 1. The highest BCUT2D eigenvalue weighted by Crippen LogP contribution is 2.26. The van der Waals surface area contributed by atoms with Crippen LogP contribution in [0.4, 0.5) is 5.13 Å². The van der Waals surface area contributed by atoms with Crippen molar-refractivity contribution in [2.75, 3.05) is 11.1 Å². The summed E-state index contributed by atoms with van der Waals surface area (Å²) in [5.74, 6) is 0.862. The van der Waals surface area contributed by atoms with Gasteiger partial charge in [0.2, 0.25) is 5.91 Å². The molecule has 0 spiro atoms. The molecule has 0 atom stereocenters. The van der Waals surface area contributed by atoms with Crippen LogP contribution in [-0.4, -0.2) is 31.4 Å². The Balaban J connectivity index is 1.71. The summed E-state index contributed by atoms with van der Waals surface area (Å²) >= 11 is 8.77. The minimum Gasteiger partial charge on any atom is -0.302 e. The number of carbonyl (C=O) groups excluding carboxylic acids is 1. The summed E-state index contributed by atoms with van der Waals surface area (Å²) in [5, 5.41) is 14.9. The molecule has 0 aliphatic heterocycles. The van der Waals surface area contributed by atoms with Crippen LogP contribution in [0.1, 0.15) is 6.92 Å². The van der Waals surface area contributed by atoms with Gasteiger partial charge in [0, 0.05) is 28.7 Å². The highest BCUT2D eigenvalue weighted by molar-refractivity contribution is 7.99. The third-order valence-corrected chi connectivity index (χ3v) is 5.02. The van der Waals surface area contributed by atoms with Crippen LogP contribution in [0.25, 0.3) is 11.4 Å². The molecule has 0 unspecified atom stereocenters. The molecule has 6 nitrogen and oxygen atoms in total. The van der Waals surface area contributed by atoms with Crippen LogP contribution in [0.3, 0.4) is 0 Å². The molecule has 3 aromatic rings. The average Bonchev–Trinajstić information content (AvgIpc) is 3.21. The molecule has 2 heterocycles. The standard InChI is InChI=1S/C15H14ClN5OS2/c1-2-21-13(10-4-3-5-11(16)8-10)19-20-15(21)24-9-12(22)18-14-17-6-7-23-14/h3-8H,2,9H2,1H3,(H,17,18,22). The van der Waals surface area contributed by atoms with Gasteiger partial charge in [0.05, 0.1) is 5.75 Å². The number of benzene rings is 1. The van der Waals surface area contributed by atoms with E-state index in [1.807, 2.05) is 41.1 Å². The van der Waals surface area contributed by atoms with Crippen LogP contribution >= 0.6 is 34.7 Å². The smallest absolute Gasteiger partial charge is 0.236 e. The Hall–Kier alpha value is -1.90. The van der Waals surface area contributed by atoms with Crippen molar-refractivity contribution in [2.24, 2.45) is 0 Å². The third-order valence-electron chi connectivity index (χ3n) is 3.13. The molecule has 0 saturated heterocycles. The highest BCUT2D eigenvalue weighted by atomic mass is 35.5. The molecule has 0 aliphatic rings. The van der Waals surface area contributed by atoms with E-state index in [9.17, 15) is 4.79 Å². The second kappa shape index (κ2) is 7.78. The lowest BCUT2D eigenvalue weighted by molar-refractivity contribution is -0.113. The maximum Gasteiger partial charge on any atom is 0.236 e. The van der Waals surface area contributed by atoms with Crippen molar-refractivity contribution in [2.45, 2.75) is 18.6 Å². The van der Waals surface area contributed by atoms with Crippen LogP contribution in [0, 0.1) is 0 Å². The van der Waals surface area contributed by atoms with Crippen LogP contribution < -0.4 is 5.32 Å². The van der Waals surface area contributed by atoms with E-state index >= 15 is 0 Å². The normalized spacial score (nSPS) is 10.8. The van der Waals surface area contributed by atoms with E-state index in [4.69, 9.17) is 11.6 Å². The van der Waals surface area contributed by atoms with Gasteiger partial charge < -0.3 is 9.88 Å². The number of hydrogen-bond donors (Lipinski definition) is 1. The van der Waals surface area contributed by atoms with E-state index in [1.54, 1.807) is 6.20 Å². The zero-order valence-electron chi connectivity index (χ0n) is 12.8. The molecular weight excluding hydrogens is 366 g/mol. The largest absolute Gasteiger partial charge is 0.302 e. The van der Waals surface area contributed by atoms with E-state index < -0.39 is 0 Å². The molecule has 2 aromatic heterocycles. The van der Waals surface area contributed by atoms with Crippen molar-refractivity contribution in [3.8, 4) is 11.4 Å². The molecule has 1 aromatic carbocycles. The number of thioether (sulfide) groups is 1. The van der Waals surface area contributed by atoms with Gasteiger partial charge in [-0.15, -0.1) is 21.5 Å². The number of anilines is 1. The first-order valence-electron chi connectivity index (χ1n) is 7.18. The molecular formula is C15H14ClN5OS2. The second-order valence-corrected chi connectivity index (χ2v) is 7.01. The molecule has 0 radical (unpaired) electrons. The highest BCUT2D eigenvalue weighted by Gasteiger charge is 2.15. The Bertz CT molecular complexity index is 834. The molecule has 9 heteroatoms. The molecule has 0 fully saturated rings. The number of rotatable bonds is 6. The molecule has 1 N–H and O–H groups in total. The van der Waals surface area contributed by atoms with Gasteiger partial charge in [0.1, 0.15) is 0 Å². The van der Waals surface area contributed by atoms with Gasteiger partial charge in [-0.1, -0.05) is 35.5 Å². The second-order valence-electron chi connectivity index (χ2n) is 4.73. The maximum atomic E-state index is 12.0. The zero-order chi connectivity index (χ0) is 16.9. The van der Waals surface area contributed by atoms with Crippen LogP contribution in [0.2, 0.25) is 5.02 Å². The lowest BCUT2D eigenvalue weighted by Crippen LogP contribution is -2.14. The summed E-state index contributed by atoms with van der Waals surface area (Å²) in [5.41, 5.74) is 0.899. The van der Waals surface area contributed by atoms with Crippen molar-refractivity contribution < 1.29 is 4.79 Å². The summed E-state index contributed by atoms with van der Waals surface area (Å²) in [6, 6.07) is 7.48. The summed E-state index contributed by atoms with van der Waals surface area (Å²) in [4.78, 5) is 16.0. The van der Waals surface area contributed by atoms with E-state index in [1.165, 1.54) is 23.1 Å². The first-order valence-corrected chi connectivity index (χ1v) is 9.43. The van der Waals surface area contributed by atoms with Crippen LogP contribution in [0.15, 0.2) is 41.0 Å². The number of halogens is 1. The quantitative estimate of drug-likeness (QED) is 0.659. The Morgan fingerprint density at radius 3 is 3.00 bits per heavy atom. The lowest BCUT2D eigenvalue weighted by Gasteiger charge is -2.07. The van der Waals surface area contributed by atoms with E-state index in [-0.39, 0.29) is 11.7 Å². The fourth-order valence-corrected chi connectivity index (χ4v) is 3.63. The van der Waals surface area contributed by atoms with Crippen molar-refractivity contribution in [1.29, 1.82) is 0 Å². The van der Waals surface area contributed by atoms with Crippen LogP contribution in [-0.2, 0) is 11.3 Å². The third kappa shape index (κ3) is 3.95. The minimum absolute atomic E-state index is 0.120. The molecule has 124 valence electrons. The van der Waals surface area contributed by atoms with Gasteiger partial charge in [0.15, 0.2) is 16.1 Å². The van der Waals surface area contributed by atoms with Gasteiger partial charge in [-0.25, -0.2) is 4.98 Å². The summed E-state index contributed by atoms with van der Waals surface area (Å²) in [6.07, 6.45) is 1.65. The Morgan fingerprint density at radius 2 is 2.29 bits per heavy atom. The van der Waals surface area contributed by atoms with Gasteiger partial charge in [-0.2, -0.15) is 0 Å². The average molecular weight is 380 g/mol. The molecule has 1 amide bonds. The number of nitrogens with zero attached hydrogens (tertiary/aromatic N) is 4.